The van der Waals surface area contributed by atoms with E-state index in [4.69, 9.17) is 9.47 Å². The van der Waals surface area contributed by atoms with Gasteiger partial charge < -0.3 is 14.6 Å². The normalized spacial score (nSPS) is 42.0. The lowest BCUT2D eigenvalue weighted by atomic mass is 9.62. The predicted octanol–water partition coefficient (Wildman–Crippen LogP) is 3.38. The Labute approximate surface area is 123 Å². The summed E-state index contributed by atoms with van der Waals surface area (Å²) in [6, 6.07) is 0. The van der Waals surface area contributed by atoms with E-state index < -0.39 is 11.7 Å². The predicted molar refractivity (Wildman–Crippen MR) is 78.9 cm³/mol. The number of fused-ring (bicyclic) bond motifs is 1. The second kappa shape index (κ2) is 4.99. The Hall–Kier alpha value is -0.160. The standard InChI is InChI=1S/C15H23BrO3/c1-9(2)10-6-11-14(3,4)12(16)7-13(17)15(11,5)19-8-18-10/h7,10-11,13,17H,1,6,8H2,2-5H3. The number of rotatable bonds is 1. The van der Waals surface area contributed by atoms with E-state index in [1.165, 1.54) is 0 Å². The Morgan fingerprint density at radius 3 is 2.68 bits per heavy atom. The molecular weight excluding hydrogens is 308 g/mol. The van der Waals surface area contributed by atoms with Gasteiger partial charge in [-0.25, -0.2) is 0 Å². The largest absolute Gasteiger partial charge is 0.386 e. The zero-order valence-corrected chi connectivity index (χ0v) is 13.7. The number of hydrogen-bond donors (Lipinski definition) is 1. The molecule has 0 bridgehead atoms. The van der Waals surface area contributed by atoms with E-state index in [2.05, 4.69) is 36.4 Å². The summed E-state index contributed by atoms with van der Waals surface area (Å²) in [4.78, 5) is 0. The lowest BCUT2D eigenvalue weighted by Crippen LogP contribution is -2.55. The molecule has 4 unspecified atom stereocenters. The third-order valence-corrected chi connectivity index (χ3v) is 5.99. The number of aliphatic hydroxyl groups is 1. The number of aliphatic hydroxyl groups excluding tert-OH is 1. The SMILES string of the molecule is C=C(C)C1CC2C(C)(C)C(Br)=CC(O)C2(C)OCO1. The summed E-state index contributed by atoms with van der Waals surface area (Å²) in [5.74, 6) is 0.151. The van der Waals surface area contributed by atoms with Gasteiger partial charge >= 0.3 is 0 Å². The maximum atomic E-state index is 10.4. The minimum absolute atomic E-state index is 0.0169. The fourth-order valence-electron chi connectivity index (χ4n) is 3.19. The average molecular weight is 331 g/mol. The van der Waals surface area contributed by atoms with Gasteiger partial charge in [0, 0.05) is 11.3 Å². The summed E-state index contributed by atoms with van der Waals surface area (Å²) in [6.07, 6.45) is 2.00. The molecule has 108 valence electrons. The van der Waals surface area contributed by atoms with Crippen LogP contribution in [-0.2, 0) is 9.47 Å². The first kappa shape index (κ1) is 15.2. The van der Waals surface area contributed by atoms with Crippen LogP contribution in [0.1, 0.15) is 34.1 Å². The van der Waals surface area contributed by atoms with Crippen molar-refractivity contribution < 1.29 is 14.6 Å². The molecular formula is C15H23BrO3. The van der Waals surface area contributed by atoms with Crippen LogP contribution < -0.4 is 0 Å². The molecule has 1 aliphatic heterocycles. The number of ether oxygens (including phenoxy) is 2. The van der Waals surface area contributed by atoms with Gasteiger partial charge in [0.25, 0.3) is 0 Å². The van der Waals surface area contributed by atoms with Crippen molar-refractivity contribution in [3.63, 3.8) is 0 Å². The Morgan fingerprint density at radius 2 is 2.11 bits per heavy atom. The monoisotopic (exact) mass is 330 g/mol. The van der Waals surface area contributed by atoms with Crippen molar-refractivity contribution in [3.8, 4) is 0 Å². The van der Waals surface area contributed by atoms with Crippen molar-refractivity contribution in [2.45, 2.75) is 51.9 Å². The van der Waals surface area contributed by atoms with Gasteiger partial charge in [0.15, 0.2) is 0 Å². The van der Waals surface area contributed by atoms with Crippen molar-refractivity contribution in [3.05, 3.63) is 22.7 Å². The molecule has 1 saturated heterocycles. The number of allylic oxidation sites excluding steroid dienone is 1. The lowest BCUT2D eigenvalue weighted by molar-refractivity contribution is -0.185. The summed E-state index contributed by atoms with van der Waals surface area (Å²) in [6.45, 7) is 12.5. The van der Waals surface area contributed by atoms with Crippen LogP contribution in [0.2, 0.25) is 0 Å². The van der Waals surface area contributed by atoms with Gasteiger partial charge in [-0.2, -0.15) is 0 Å². The molecule has 2 rings (SSSR count). The topological polar surface area (TPSA) is 38.7 Å². The summed E-state index contributed by atoms with van der Waals surface area (Å²) in [5.41, 5.74) is 0.282. The van der Waals surface area contributed by atoms with Crippen molar-refractivity contribution in [2.75, 3.05) is 6.79 Å². The fourth-order valence-corrected chi connectivity index (χ4v) is 3.72. The molecule has 4 atom stereocenters. The van der Waals surface area contributed by atoms with Crippen LogP contribution in [0.5, 0.6) is 0 Å². The maximum Gasteiger partial charge on any atom is 0.148 e. The van der Waals surface area contributed by atoms with Crippen molar-refractivity contribution in [1.29, 1.82) is 0 Å². The number of halogens is 1. The zero-order valence-electron chi connectivity index (χ0n) is 12.1. The summed E-state index contributed by atoms with van der Waals surface area (Å²) in [5, 5.41) is 10.4. The molecule has 0 saturated carbocycles. The first-order chi connectivity index (χ1) is 8.69. The van der Waals surface area contributed by atoms with Crippen molar-refractivity contribution >= 4 is 15.9 Å². The fraction of sp³-hybridized carbons (Fsp3) is 0.733. The van der Waals surface area contributed by atoms with E-state index in [1.807, 2.05) is 19.9 Å². The highest BCUT2D eigenvalue weighted by Gasteiger charge is 2.54. The molecule has 0 amide bonds. The third kappa shape index (κ3) is 2.44. The molecule has 0 aromatic carbocycles. The Kier molecular flexibility index (Phi) is 4.00. The van der Waals surface area contributed by atoms with Crippen LogP contribution in [0, 0.1) is 11.3 Å². The van der Waals surface area contributed by atoms with Gasteiger partial charge in [-0.3, -0.25) is 0 Å². The molecule has 1 aliphatic carbocycles. The van der Waals surface area contributed by atoms with Crippen LogP contribution in [0.3, 0.4) is 0 Å². The zero-order chi connectivity index (χ0) is 14.4. The van der Waals surface area contributed by atoms with Gasteiger partial charge in [0.05, 0.1) is 6.10 Å². The summed E-state index contributed by atoms with van der Waals surface area (Å²) in [7, 11) is 0. The van der Waals surface area contributed by atoms with Crippen LogP contribution in [0.25, 0.3) is 0 Å². The van der Waals surface area contributed by atoms with E-state index >= 15 is 0 Å². The van der Waals surface area contributed by atoms with Crippen LogP contribution in [0.15, 0.2) is 22.7 Å². The minimum atomic E-state index is -0.632. The van der Waals surface area contributed by atoms with E-state index in [0.29, 0.717) is 0 Å². The second-order valence-corrected chi connectivity index (χ2v) is 7.27. The van der Waals surface area contributed by atoms with Crippen LogP contribution in [0.4, 0.5) is 0 Å². The molecule has 0 aromatic rings. The molecule has 3 nitrogen and oxygen atoms in total. The molecule has 0 spiro atoms. The van der Waals surface area contributed by atoms with Gasteiger partial charge in [-0.15, -0.1) is 0 Å². The molecule has 0 aromatic heterocycles. The van der Waals surface area contributed by atoms with Gasteiger partial charge in [-0.05, 0) is 30.8 Å². The molecule has 19 heavy (non-hydrogen) atoms. The van der Waals surface area contributed by atoms with E-state index in [-0.39, 0.29) is 24.2 Å². The highest BCUT2D eigenvalue weighted by molar-refractivity contribution is 9.11. The van der Waals surface area contributed by atoms with E-state index in [0.717, 1.165) is 16.5 Å². The molecule has 2 aliphatic rings. The highest BCUT2D eigenvalue weighted by Crippen LogP contribution is 2.53. The van der Waals surface area contributed by atoms with Gasteiger partial charge in [-0.1, -0.05) is 41.9 Å². The minimum Gasteiger partial charge on any atom is -0.386 e. The molecule has 0 radical (unpaired) electrons. The van der Waals surface area contributed by atoms with Crippen molar-refractivity contribution in [1.82, 2.24) is 0 Å². The van der Waals surface area contributed by atoms with E-state index in [1.54, 1.807) is 0 Å². The Balaban J connectivity index is 2.43. The quantitative estimate of drug-likeness (QED) is 0.749. The van der Waals surface area contributed by atoms with E-state index in [9.17, 15) is 5.11 Å². The van der Waals surface area contributed by atoms with Gasteiger partial charge in [0.1, 0.15) is 18.5 Å². The molecule has 4 heteroatoms. The smallest absolute Gasteiger partial charge is 0.148 e. The summed E-state index contributed by atoms with van der Waals surface area (Å²) >= 11 is 3.60. The first-order valence-electron chi connectivity index (χ1n) is 6.66. The first-order valence-corrected chi connectivity index (χ1v) is 7.45. The summed E-state index contributed by atoms with van der Waals surface area (Å²) < 4.78 is 12.6. The average Bonchev–Trinajstić information content (AvgIpc) is 2.48. The Morgan fingerprint density at radius 1 is 1.47 bits per heavy atom. The van der Waals surface area contributed by atoms with Crippen LogP contribution in [-0.4, -0.2) is 29.7 Å². The second-order valence-electron chi connectivity index (χ2n) is 6.42. The van der Waals surface area contributed by atoms with Gasteiger partial charge in [0.2, 0.25) is 0 Å². The molecule has 1 fully saturated rings. The highest BCUT2D eigenvalue weighted by atomic mass is 79.9. The molecule has 1 N–H and O–H groups in total. The van der Waals surface area contributed by atoms with Crippen molar-refractivity contribution in [2.24, 2.45) is 11.3 Å². The maximum absolute atomic E-state index is 10.4. The lowest BCUT2D eigenvalue weighted by Gasteiger charge is -2.50. The third-order valence-electron chi connectivity index (χ3n) is 4.71. The molecule has 1 heterocycles. The Bertz CT molecular complexity index is 416. The van der Waals surface area contributed by atoms with Crippen LogP contribution >= 0.6 is 15.9 Å². The number of hydrogen-bond acceptors (Lipinski definition) is 3.